The summed E-state index contributed by atoms with van der Waals surface area (Å²) in [6, 6.07) is 15.4. The molecule has 5 rings (SSSR count). The third kappa shape index (κ3) is 3.40. The molecule has 1 N–H and O–H groups in total. The highest BCUT2D eigenvalue weighted by molar-refractivity contribution is 6.35. The van der Waals surface area contributed by atoms with Crippen molar-refractivity contribution in [1.82, 2.24) is 15.1 Å². The summed E-state index contributed by atoms with van der Waals surface area (Å²) in [5.74, 6) is -0.0974. The molecule has 3 amide bonds. The Morgan fingerprint density at radius 1 is 0.800 bits per heavy atom. The highest BCUT2D eigenvalue weighted by atomic mass is 16.5. The number of amides is 3. The highest BCUT2D eigenvalue weighted by Gasteiger charge is 2.37. The molecule has 0 bridgehead atoms. The van der Waals surface area contributed by atoms with Crippen LogP contribution in [-0.4, -0.2) is 59.7 Å². The number of ether oxygens (including phenoxy) is 1. The van der Waals surface area contributed by atoms with Gasteiger partial charge in [-0.1, -0.05) is 36.4 Å². The minimum Gasteiger partial charge on any atom is -0.457 e. The van der Waals surface area contributed by atoms with Gasteiger partial charge in [0.05, 0.1) is 5.92 Å². The summed E-state index contributed by atoms with van der Waals surface area (Å²) >= 11 is 0. The van der Waals surface area contributed by atoms with Crippen LogP contribution in [-0.2, 0) is 14.4 Å². The fraction of sp³-hybridized carbons (Fsp3) is 0.348. The molecule has 1 saturated carbocycles. The number of nitrogens with zero attached hydrogens (tertiary/aromatic N) is 2. The smallest absolute Gasteiger partial charge is 0.312 e. The summed E-state index contributed by atoms with van der Waals surface area (Å²) in [4.78, 5) is 41.2. The molecule has 3 aliphatic rings. The number of rotatable bonds is 2. The van der Waals surface area contributed by atoms with Gasteiger partial charge in [0.15, 0.2) is 0 Å². The molecule has 2 aromatic carbocycles. The second-order valence-electron chi connectivity index (χ2n) is 7.98. The third-order valence-corrected chi connectivity index (χ3v) is 5.91. The van der Waals surface area contributed by atoms with Crippen LogP contribution in [0.5, 0.6) is 11.5 Å². The molecule has 7 heteroatoms. The second-order valence-corrected chi connectivity index (χ2v) is 7.98. The van der Waals surface area contributed by atoms with Crippen molar-refractivity contribution in [3.05, 3.63) is 59.7 Å². The Balaban J connectivity index is 1.31. The van der Waals surface area contributed by atoms with Gasteiger partial charge in [-0.3, -0.25) is 14.4 Å². The topological polar surface area (TPSA) is 79.0 Å². The largest absolute Gasteiger partial charge is 0.457 e. The Hall–Kier alpha value is -3.35. The third-order valence-electron chi connectivity index (χ3n) is 5.91. The van der Waals surface area contributed by atoms with Crippen LogP contribution in [0.2, 0.25) is 0 Å². The summed E-state index contributed by atoms with van der Waals surface area (Å²) in [6.07, 6.45) is 1.88. The van der Waals surface area contributed by atoms with Gasteiger partial charge in [-0.25, -0.2) is 0 Å². The fourth-order valence-electron chi connectivity index (χ4n) is 4.11. The van der Waals surface area contributed by atoms with Gasteiger partial charge in [0, 0.05) is 43.3 Å². The van der Waals surface area contributed by atoms with Crippen molar-refractivity contribution in [2.75, 3.05) is 26.2 Å². The molecule has 154 valence electrons. The predicted molar refractivity (Wildman–Crippen MR) is 109 cm³/mol. The van der Waals surface area contributed by atoms with Crippen molar-refractivity contribution in [3.8, 4) is 11.5 Å². The van der Waals surface area contributed by atoms with Gasteiger partial charge in [0.1, 0.15) is 11.5 Å². The number of carbonyl (C=O) groups is 3. The highest BCUT2D eigenvalue weighted by Crippen LogP contribution is 2.44. The minimum absolute atomic E-state index is 0.00673. The maximum Gasteiger partial charge on any atom is 0.312 e. The van der Waals surface area contributed by atoms with Gasteiger partial charge >= 0.3 is 11.8 Å². The van der Waals surface area contributed by atoms with Gasteiger partial charge in [-0.05, 0) is 25.0 Å². The molecular weight excluding hydrogens is 382 g/mol. The number of piperazine rings is 1. The Labute approximate surface area is 174 Å². The van der Waals surface area contributed by atoms with E-state index in [4.69, 9.17) is 4.74 Å². The van der Waals surface area contributed by atoms with Gasteiger partial charge in [0.2, 0.25) is 5.91 Å². The summed E-state index contributed by atoms with van der Waals surface area (Å²) < 4.78 is 5.99. The number of nitrogens with one attached hydrogen (secondary N) is 1. The second kappa shape index (κ2) is 7.48. The molecule has 1 aliphatic carbocycles. The van der Waals surface area contributed by atoms with Crippen molar-refractivity contribution < 1.29 is 19.1 Å². The van der Waals surface area contributed by atoms with Crippen LogP contribution in [0.4, 0.5) is 0 Å². The Kier molecular flexibility index (Phi) is 4.65. The van der Waals surface area contributed by atoms with Crippen LogP contribution >= 0.6 is 0 Å². The molecule has 2 heterocycles. The molecule has 1 saturated heterocycles. The standard InChI is InChI=1S/C23H23N3O4/c27-21(24-15-9-10-15)23(29)26-13-11-25(12-14-26)22(28)20-16-5-1-3-7-18(16)30-19-8-4-2-6-17(19)20/h1-8,15,20H,9-14H2,(H,24,27). The van der Waals surface area contributed by atoms with Crippen LogP contribution in [0.1, 0.15) is 29.9 Å². The molecular formula is C23H23N3O4. The van der Waals surface area contributed by atoms with E-state index in [1.807, 2.05) is 48.5 Å². The maximum absolute atomic E-state index is 13.5. The number of hydrogen-bond donors (Lipinski definition) is 1. The summed E-state index contributed by atoms with van der Waals surface area (Å²) in [7, 11) is 0. The molecule has 30 heavy (non-hydrogen) atoms. The molecule has 0 atom stereocenters. The first-order valence-corrected chi connectivity index (χ1v) is 10.4. The molecule has 0 aromatic heterocycles. The van der Waals surface area contributed by atoms with Gasteiger partial charge in [0.25, 0.3) is 0 Å². The number of hydrogen-bond acceptors (Lipinski definition) is 4. The number of fused-ring (bicyclic) bond motifs is 2. The monoisotopic (exact) mass is 405 g/mol. The van der Waals surface area contributed by atoms with Crippen molar-refractivity contribution in [1.29, 1.82) is 0 Å². The SMILES string of the molecule is O=C(NC1CC1)C(=O)N1CCN(C(=O)C2c3ccccc3Oc3ccccc32)CC1. The van der Waals surface area contributed by atoms with E-state index in [0.717, 1.165) is 24.0 Å². The Morgan fingerprint density at radius 2 is 1.33 bits per heavy atom. The van der Waals surface area contributed by atoms with Gasteiger partial charge in [-0.15, -0.1) is 0 Å². The lowest BCUT2D eigenvalue weighted by Gasteiger charge is -2.37. The zero-order chi connectivity index (χ0) is 20.7. The van der Waals surface area contributed by atoms with Crippen LogP contribution in [0, 0.1) is 0 Å². The van der Waals surface area contributed by atoms with Crippen molar-refractivity contribution in [2.24, 2.45) is 0 Å². The fourth-order valence-corrected chi connectivity index (χ4v) is 4.11. The van der Waals surface area contributed by atoms with Crippen molar-refractivity contribution in [2.45, 2.75) is 24.8 Å². The number of para-hydroxylation sites is 2. The zero-order valence-electron chi connectivity index (χ0n) is 16.5. The van der Waals surface area contributed by atoms with Crippen LogP contribution in [0.15, 0.2) is 48.5 Å². The predicted octanol–water partition coefficient (Wildman–Crippen LogP) is 1.87. The van der Waals surface area contributed by atoms with E-state index >= 15 is 0 Å². The van der Waals surface area contributed by atoms with E-state index in [-0.39, 0.29) is 11.9 Å². The van der Waals surface area contributed by atoms with Crippen LogP contribution in [0.25, 0.3) is 0 Å². The van der Waals surface area contributed by atoms with Crippen LogP contribution < -0.4 is 10.1 Å². The summed E-state index contributed by atoms with van der Waals surface area (Å²) in [6.45, 7) is 1.52. The lowest BCUT2D eigenvalue weighted by atomic mass is 9.86. The van der Waals surface area contributed by atoms with Gasteiger partial charge < -0.3 is 19.9 Å². The molecule has 2 aromatic rings. The molecule has 2 fully saturated rings. The Morgan fingerprint density at radius 3 is 1.90 bits per heavy atom. The maximum atomic E-state index is 13.5. The summed E-state index contributed by atoms with van der Waals surface area (Å²) in [5, 5.41) is 2.73. The quantitative estimate of drug-likeness (QED) is 0.774. The lowest BCUT2D eigenvalue weighted by Crippen LogP contribution is -2.54. The average Bonchev–Trinajstić information content (AvgIpc) is 3.60. The normalized spacial score (nSPS) is 18.1. The first kappa shape index (κ1) is 18.7. The number of benzene rings is 2. The Bertz CT molecular complexity index is 964. The van der Waals surface area contributed by atoms with E-state index in [1.165, 1.54) is 4.90 Å². The zero-order valence-corrected chi connectivity index (χ0v) is 16.5. The lowest BCUT2D eigenvalue weighted by molar-refractivity contribution is -0.148. The molecule has 7 nitrogen and oxygen atoms in total. The van der Waals surface area contributed by atoms with Crippen molar-refractivity contribution >= 4 is 17.7 Å². The van der Waals surface area contributed by atoms with Crippen LogP contribution in [0.3, 0.4) is 0 Å². The minimum atomic E-state index is -0.537. The van der Waals surface area contributed by atoms with E-state index in [1.54, 1.807) is 4.90 Å². The molecule has 0 spiro atoms. The molecule has 0 unspecified atom stereocenters. The summed E-state index contributed by atoms with van der Waals surface area (Å²) in [5.41, 5.74) is 1.70. The van der Waals surface area contributed by atoms with Gasteiger partial charge in [-0.2, -0.15) is 0 Å². The molecule has 0 radical (unpaired) electrons. The first-order chi connectivity index (χ1) is 14.6. The van der Waals surface area contributed by atoms with Crippen molar-refractivity contribution in [3.63, 3.8) is 0 Å². The van der Waals surface area contributed by atoms with E-state index in [9.17, 15) is 14.4 Å². The average molecular weight is 405 g/mol. The number of carbonyl (C=O) groups excluding carboxylic acids is 3. The van der Waals surface area contributed by atoms with E-state index < -0.39 is 17.7 Å². The first-order valence-electron chi connectivity index (χ1n) is 10.4. The van der Waals surface area contributed by atoms with E-state index in [0.29, 0.717) is 37.7 Å². The van der Waals surface area contributed by atoms with E-state index in [2.05, 4.69) is 5.32 Å². The molecule has 2 aliphatic heterocycles.